The average molecular weight is 306 g/mol. The van der Waals surface area contributed by atoms with Gasteiger partial charge in [-0.15, -0.1) is 0 Å². The molecule has 0 aromatic heterocycles. The first-order valence-electron chi connectivity index (χ1n) is 7.97. The van der Waals surface area contributed by atoms with Crippen LogP contribution in [0.25, 0.3) is 11.6 Å². The van der Waals surface area contributed by atoms with E-state index < -0.39 is 0 Å². The molecule has 0 heteroatoms. The lowest BCUT2D eigenvalue weighted by Crippen LogP contribution is -1.81. The van der Waals surface area contributed by atoms with Crippen molar-refractivity contribution < 1.29 is 0 Å². The third-order valence-electron chi connectivity index (χ3n) is 3.57. The maximum Gasteiger partial charge on any atom is 0.0248 e. The molecular formula is C24H18. The van der Waals surface area contributed by atoms with E-state index in [0.29, 0.717) is 0 Å². The fourth-order valence-electron chi connectivity index (χ4n) is 2.37. The predicted molar refractivity (Wildman–Crippen MR) is 103 cm³/mol. The van der Waals surface area contributed by atoms with E-state index >= 15 is 0 Å². The lowest BCUT2D eigenvalue weighted by atomic mass is 10.0. The number of hydrogen-bond donors (Lipinski definition) is 0. The Morgan fingerprint density at radius 1 is 0.667 bits per heavy atom. The molecule has 114 valence electrons. The maximum absolute atomic E-state index is 3.15. The van der Waals surface area contributed by atoms with Crippen LogP contribution in [-0.4, -0.2) is 0 Å². The largest absolute Gasteiger partial charge is 0.0696 e. The van der Waals surface area contributed by atoms with Crippen molar-refractivity contribution in [2.45, 2.75) is 0 Å². The van der Waals surface area contributed by atoms with Crippen molar-refractivity contribution in [2.24, 2.45) is 0 Å². The van der Waals surface area contributed by atoms with E-state index in [2.05, 4.69) is 60.4 Å². The first-order valence-corrected chi connectivity index (χ1v) is 7.97. The zero-order valence-electron chi connectivity index (χ0n) is 13.4. The Kier molecular flexibility index (Phi) is 5.43. The second kappa shape index (κ2) is 8.36. The van der Waals surface area contributed by atoms with E-state index in [4.69, 9.17) is 0 Å². The Morgan fingerprint density at radius 3 is 1.92 bits per heavy atom. The number of hydrogen-bond acceptors (Lipinski definition) is 0. The van der Waals surface area contributed by atoms with Crippen LogP contribution in [0.15, 0.2) is 103 Å². The summed E-state index contributed by atoms with van der Waals surface area (Å²) < 4.78 is 0. The Labute approximate surface area is 143 Å². The third-order valence-corrected chi connectivity index (χ3v) is 3.57. The maximum atomic E-state index is 3.15. The van der Waals surface area contributed by atoms with Crippen LogP contribution in [0.1, 0.15) is 16.7 Å². The molecule has 3 aromatic carbocycles. The van der Waals surface area contributed by atoms with Crippen molar-refractivity contribution in [1.29, 1.82) is 0 Å². The molecule has 0 saturated heterocycles. The van der Waals surface area contributed by atoms with Gasteiger partial charge in [-0.3, -0.25) is 0 Å². The lowest BCUT2D eigenvalue weighted by Gasteiger charge is -2.02. The van der Waals surface area contributed by atoms with E-state index in [1.807, 2.05) is 60.7 Å². The van der Waals surface area contributed by atoms with Gasteiger partial charge in [0.1, 0.15) is 0 Å². The van der Waals surface area contributed by atoms with Crippen LogP contribution >= 0.6 is 0 Å². The lowest BCUT2D eigenvalue weighted by molar-refractivity contribution is 1.61. The summed E-state index contributed by atoms with van der Waals surface area (Å²) >= 11 is 0. The second-order valence-electron chi connectivity index (χ2n) is 5.35. The zero-order valence-corrected chi connectivity index (χ0v) is 13.4. The molecule has 0 unspecified atom stereocenters. The molecule has 0 aliphatic rings. The predicted octanol–water partition coefficient (Wildman–Crippen LogP) is 5.84. The topological polar surface area (TPSA) is 0 Å². The van der Waals surface area contributed by atoms with Gasteiger partial charge in [-0.1, -0.05) is 90.7 Å². The van der Waals surface area contributed by atoms with Crippen LogP contribution in [0.5, 0.6) is 0 Å². The molecule has 3 rings (SSSR count). The van der Waals surface area contributed by atoms with Crippen molar-refractivity contribution >= 4 is 11.6 Å². The Balaban J connectivity index is 1.87. The first-order chi connectivity index (χ1) is 11.9. The molecular weight excluding hydrogens is 288 g/mol. The van der Waals surface area contributed by atoms with Gasteiger partial charge in [0.05, 0.1) is 0 Å². The molecule has 0 saturated carbocycles. The molecule has 3 aromatic rings. The van der Waals surface area contributed by atoms with Gasteiger partial charge >= 0.3 is 0 Å². The van der Waals surface area contributed by atoms with Crippen LogP contribution in [0, 0.1) is 11.8 Å². The van der Waals surface area contributed by atoms with Crippen LogP contribution in [0.2, 0.25) is 0 Å². The summed E-state index contributed by atoms with van der Waals surface area (Å²) in [5.41, 5.74) is 4.52. The summed E-state index contributed by atoms with van der Waals surface area (Å²) in [5, 5.41) is 0. The molecule has 0 fully saturated rings. The standard InChI is InChI=1S/C24H18/c1-4-12-21(13-5-1)14-10-11-19-24(23-17-8-3-9-18-23)20-22-15-6-2-7-16-22/h1-9,11-13,15-20H. The molecule has 0 radical (unpaired) electrons. The monoisotopic (exact) mass is 306 g/mol. The summed E-state index contributed by atoms with van der Waals surface area (Å²) in [5.74, 6) is 6.27. The highest BCUT2D eigenvalue weighted by Crippen LogP contribution is 2.19. The second-order valence-corrected chi connectivity index (χ2v) is 5.35. The van der Waals surface area contributed by atoms with E-state index in [9.17, 15) is 0 Å². The Bertz CT molecular complexity index is 874. The fourth-order valence-corrected chi connectivity index (χ4v) is 2.37. The van der Waals surface area contributed by atoms with Crippen molar-refractivity contribution in [1.82, 2.24) is 0 Å². The van der Waals surface area contributed by atoms with Gasteiger partial charge in [-0.05, 0) is 47.1 Å². The first kappa shape index (κ1) is 15.6. The molecule has 0 atom stereocenters. The summed E-state index contributed by atoms with van der Waals surface area (Å²) in [7, 11) is 0. The summed E-state index contributed by atoms with van der Waals surface area (Å²) in [6.45, 7) is 0. The molecule has 0 amide bonds. The summed E-state index contributed by atoms with van der Waals surface area (Å²) in [6.07, 6.45) is 6.16. The highest BCUT2D eigenvalue weighted by Gasteiger charge is 1.97. The molecule has 0 nitrogen and oxygen atoms in total. The van der Waals surface area contributed by atoms with E-state index in [0.717, 1.165) is 11.1 Å². The van der Waals surface area contributed by atoms with Crippen molar-refractivity contribution in [3.8, 4) is 11.8 Å². The summed E-state index contributed by atoms with van der Waals surface area (Å²) in [4.78, 5) is 0. The number of benzene rings is 3. The normalized spacial score (nSPS) is 11.1. The molecule has 0 bridgehead atoms. The van der Waals surface area contributed by atoms with Crippen LogP contribution < -0.4 is 0 Å². The van der Waals surface area contributed by atoms with Gasteiger partial charge < -0.3 is 0 Å². The van der Waals surface area contributed by atoms with E-state index in [1.54, 1.807) is 0 Å². The van der Waals surface area contributed by atoms with E-state index in [1.165, 1.54) is 11.1 Å². The van der Waals surface area contributed by atoms with Gasteiger partial charge in [0.15, 0.2) is 0 Å². The van der Waals surface area contributed by atoms with Gasteiger partial charge in [0.2, 0.25) is 0 Å². The quantitative estimate of drug-likeness (QED) is 0.324. The molecule has 0 spiro atoms. The van der Waals surface area contributed by atoms with Crippen molar-refractivity contribution in [3.63, 3.8) is 0 Å². The highest BCUT2D eigenvalue weighted by atomic mass is 14.0. The van der Waals surface area contributed by atoms with E-state index in [-0.39, 0.29) is 0 Å². The molecule has 24 heavy (non-hydrogen) atoms. The van der Waals surface area contributed by atoms with Crippen LogP contribution in [-0.2, 0) is 0 Å². The third kappa shape index (κ3) is 4.60. The molecule has 0 aliphatic carbocycles. The Hall–Kier alpha value is -3.30. The zero-order chi connectivity index (χ0) is 16.5. The van der Waals surface area contributed by atoms with Crippen molar-refractivity contribution in [2.75, 3.05) is 0 Å². The summed E-state index contributed by atoms with van der Waals surface area (Å²) in [6, 6.07) is 30.7. The van der Waals surface area contributed by atoms with Gasteiger partial charge in [-0.2, -0.15) is 0 Å². The van der Waals surface area contributed by atoms with Gasteiger partial charge in [-0.25, -0.2) is 0 Å². The molecule has 0 N–H and O–H groups in total. The van der Waals surface area contributed by atoms with Gasteiger partial charge in [0.25, 0.3) is 0 Å². The van der Waals surface area contributed by atoms with Crippen LogP contribution in [0.3, 0.4) is 0 Å². The number of rotatable bonds is 3. The molecule has 0 heterocycles. The smallest absolute Gasteiger partial charge is 0.0248 e. The minimum absolute atomic E-state index is 1.02. The minimum atomic E-state index is 1.02. The van der Waals surface area contributed by atoms with Crippen molar-refractivity contribution in [3.05, 3.63) is 120 Å². The average Bonchev–Trinajstić information content (AvgIpc) is 2.66. The van der Waals surface area contributed by atoms with Crippen LogP contribution in [0.4, 0.5) is 0 Å². The van der Waals surface area contributed by atoms with Gasteiger partial charge in [0, 0.05) is 5.56 Å². The minimum Gasteiger partial charge on any atom is -0.0696 e. The fraction of sp³-hybridized carbons (Fsp3) is 0. The Morgan fingerprint density at radius 2 is 1.25 bits per heavy atom. The highest BCUT2D eigenvalue weighted by molar-refractivity contribution is 5.87. The molecule has 0 aliphatic heterocycles. The SMILES string of the molecule is C(#Cc1ccccc1)C=CC(=Cc1ccccc1)c1ccccc1. The number of allylic oxidation sites excluding steroid dienone is 3.